The van der Waals surface area contributed by atoms with E-state index in [-0.39, 0.29) is 4.90 Å². The van der Waals surface area contributed by atoms with E-state index in [1.54, 1.807) is 36.4 Å². The van der Waals surface area contributed by atoms with Crippen LogP contribution in [-0.2, 0) is 16.6 Å². The minimum absolute atomic E-state index is 0.179. The van der Waals surface area contributed by atoms with Crippen molar-refractivity contribution >= 4 is 37.3 Å². The Labute approximate surface area is 159 Å². The molecule has 3 aromatic rings. The third kappa shape index (κ3) is 4.00. The van der Waals surface area contributed by atoms with Crippen LogP contribution in [0.15, 0.2) is 86.4 Å². The number of benzene rings is 2. The highest BCUT2D eigenvalue weighted by Gasteiger charge is 2.14. The summed E-state index contributed by atoms with van der Waals surface area (Å²) in [6.45, 7) is 4.24. The molecule has 0 amide bonds. The fraction of sp³-hybridized carbons (Fsp3) is 0.0556. The molecule has 2 aromatic carbocycles. The maximum absolute atomic E-state index is 12.5. The summed E-state index contributed by atoms with van der Waals surface area (Å²) >= 11 is 4.71. The minimum atomic E-state index is -3.76. The van der Waals surface area contributed by atoms with Gasteiger partial charge in [-0.3, -0.25) is 0 Å². The van der Waals surface area contributed by atoms with E-state index in [0.717, 1.165) is 15.7 Å². The van der Waals surface area contributed by atoms with Crippen LogP contribution in [0.2, 0.25) is 0 Å². The van der Waals surface area contributed by atoms with Crippen LogP contribution in [0.5, 0.6) is 0 Å². The van der Waals surface area contributed by atoms with Crippen LogP contribution >= 0.6 is 27.3 Å². The topological polar surface area (TPSA) is 51.4 Å². The van der Waals surface area contributed by atoms with Gasteiger partial charge in [0.15, 0.2) is 0 Å². The smallest absolute Gasteiger partial charge is 0.285 e. The van der Waals surface area contributed by atoms with Crippen molar-refractivity contribution in [1.29, 1.82) is 0 Å². The molecule has 3 rings (SSSR count). The van der Waals surface area contributed by atoms with Crippen molar-refractivity contribution < 1.29 is 8.42 Å². The fourth-order valence-electron chi connectivity index (χ4n) is 2.31. The third-order valence-corrected chi connectivity index (χ3v) is 6.28. The fourth-order valence-corrected chi connectivity index (χ4v) is 4.73. The molecule has 4 nitrogen and oxygen atoms in total. The molecule has 0 N–H and O–H groups in total. The molecule has 0 saturated carbocycles. The van der Waals surface area contributed by atoms with E-state index < -0.39 is 10.0 Å². The molecule has 0 aliphatic heterocycles. The number of hydrogen-bond donors (Lipinski definition) is 0. The second-order valence-corrected chi connectivity index (χ2v) is 8.55. The van der Waals surface area contributed by atoms with Crippen LogP contribution in [0.1, 0.15) is 0 Å². The Kier molecular flexibility index (Phi) is 5.36. The van der Waals surface area contributed by atoms with Crippen molar-refractivity contribution in [2.45, 2.75) is 11.4 Å². The maximum Gasteiger partial charge on any atom is 0.285 e. The predicted octanol–water partition coefficient (Wildman–Crippen LogP) is 4.45. The highest BCUT2D eigenvalue weighted by Crippen LogP contribution is 2.23. The SMILES string of the molecule is C=CCn1c(-c2ccc(Br)cc2)cs/c1=N/S(=O)(=O)c1ccccc1. The first kappa shape index (κ1) is 17.8. The van der Waals surface area contributed by atoms with Crippen molar-refractivity contribution in [3.8, 4) is 11.3 Å². The molecule has 7 heteroatoms. The summed E-state index contributed by atoms with van der Waals surface area (Å²) in [6.07, 6.45) is 1.73. The Morgan fingerprint density at radius 1 is 1.12 bits per heavy atom. The van der Waals surface area contributed by atoms with Gasteiger partial charge in [-0.25, -0.2) is 0 Å². The van der Waals surface area contributed by atoms with Crippen molar-refractivity contribution in [3.05, 3.63) is 81.9 Å². The van der Waals surface area contributed by atoms with E-state index in [2.05, 4.69) is 26.9 Å². The molecule has 128 valence electrons. The lowest BCUT2D eigenvalue weighted by Crippen LogP contribution is -2.17. The summed E-state index contributed by atoms with van der Waals surface area (Å²) in [6, 6.07) is 16.1. The van der Waals surface area contributed by atoms with Crippen molar-refractivity contribution in [2.75, 3.05) is 0 Å². The number of nitrogens with zero attached hydrogens (tertiary/aromatic N) is 2. The van der Waals surface area contributed by atoms with E-state index in [1.165, 1.54) is 11.3 Å². The summed E-state index contributed by atoms with van der Waals surface area (Å²) < 4.78 is 32.0. The summed E-state index contributed by atoms with van der Waals surface area (Å²) in [5, 5.41) is 1.91. The zero-order valence-corrected chi connectivity index (χ0v) is 16.4. The largest absolute Gasteiger partial charge is 0.312 e. The van der Waals surface area contributed by atoms with Gasteiger partial charge in [0.2, 0.25) is 4.80 Å². The highest BCUT2D eigenvalue weighted by atomic mass is 79.9. The van der Waals surface area contributed by atoms with E-state index >= 15 is 0 Å². The number of aromatic nitrogens is 1. The first-order valence-corrected chi connectivity index (χ1v) is 10.5. The van der Waals surface area contributed by atoms with Gasteiger partial charge in [0, 0.05) is 16.4 Å². The molecule has 0 aliphatic carbocycles. The summed E-state index contributed by atoms with van der Waals surface area (Å²) in [4.78, 5) is 0.598. The molecular weight excluding hydrogens is 420 g/mol. The Bertz CT molecular complexity index is 1050. The van der Waals surface area contributed by atoms with Crippen LogP contribution in [0.25, 0.3) is 11.3 Å². The third-order valence-electron chi connectivity index (χ3n) is 3.49. The molecule has 0 radical (unpaired) electrons. The Hall–Kier alpha value is -1.96. The molecule has 0 atom stereocenters. The number of halogens is 1. The van der Waals surface area contributed by atoms with Crippen LogP contribution < -0.4 is 4.80 Å². The molecule has 1 heterocycles. The van der Waals surface area contributed by atoms with Crippen LogP contribution in [-0.4, -0.2) is 13.0 Å². The van der Waals surface area contributed by atoms with Crippen molar-refractivity contribution in [1.82, 2.24) is 4.57 Å². The molecule has 0 aliphatic rings. The average Bonchev–Trinajstić information content (AvgIpc) is 2.99. The maximum atomic E-state index is 12.5. The molecular formula is C18H15BrN2O2S2. The molecule has 0 unspecified atom stereocenters. The van der Waals surface area contributed by atoms with E-state index in [1.807, 2.05) is 34.2 Å². The van der Waals surface area contributed by atoms with E-state index in [4.69, 9.17) is 0 Å². The van der Waals surface area contributed by atoms with Gasteiger partial charge in [0.1, 0.15) is 0 Å². The van der Waals surface area contributed by atoms with Crippen LogP contribution in [0, 0.1) is 0 Å². The molecule has 1 aromatic heterocycles. The number of rotatable bonds is 5. The lowest BCUT2D eigenvalue weighted by atomic mass is 10.2. The van der Waals surface area contributed by atoms with Gasteiger partial charge in [-0.1, -0.05) is 52.3 Å². The second kappa shape index (κ2) is 7.51. The zero-order valence-electron chi connectivity index (χ0n) is 13.2. The quantitative estimate of drug-likeness (QED) is 0.556. The Morgan fingerprint density at radius 2 is 1.80 bits per heavy atom. The molecule has 0 bridgehead atoms. The second-order valence-electron chi connectivity index (χ2n) is 5.19. The van der Waals surface area contributed by atoms with E-state index in [0.29, 0.717) is 11.3 Å². The number of hydrogen-bond acceptors (Lipinski definition) is 3. The summed E-state index contributed by atoms with van der Waals surface area (Å²) in [5.41, 5.74) is 1.89. The van der Waals surface area contributed by atoms with Crippen LogP contribution in [0.4, 0.5) is 0 Å². The highest BCUT2D eigenvalue weighted by molar-refractivity contribution is 9.10. The first-order chi connectivity index (χ1) is 12.0. The summed E-state index contributed by atoms with van der Waals surface area (Å²) in [5.74, 6) is 0. The normalized spacial score (nSPS) is 12.3. The lowest BCUT2D eigenvalue weighted by Gasteiger charge is -2.06. The van der Waals surface area contributed by atoms with E-state index in [9.17, 15) is 8.42 Å². The molecule has 25 heavy (non-hydrogen) atoms. The van der Waals surface area contributed by atoms with Crippen LogP contribution in [0.3, 0.4) is 0 Å². The lowest BCUT2D eigenvalue weighted by molar-refractivity contribution is 0.595. The molecule has 0 fully saturated rings. The van der Waals surface area contributed by atoms with Gasteiger partial charge in [0.05, 0.1) is 10.6 Å². The van der Waals surface area contributed by atoms with Gasteiger partial charge in [-0.05, 0) is 29.8 Å². The molecule has 0 saturated heterocycles. The van der Waals surface area contributed by atoms with Gasteiger partial charge in [-0.15, -0.1) is 22.3 Å². The average molecular weight is 435 g/mol. The van der Waals surface area contributed by atoms with Gasteiger partial charge in [0.25, 0.3) is 10.0 Å². The summed E-state index contributed by atoms with van der Waals surface area (Å²) in [7, 11) is -3.76. The number of thiazole rings is 1. The molecule has 0 spiro atoms. The van der Waals surface area contributed by atoms with Gasteiger partial charge >= 0.3 is 0 Å². The Morgan fingerprint density at radius 3 is 2.44 bits per heavy atom. The number of allylic oxidation sites excluding steroid dienone is 1. The zero-order chi connectivity index (χ0) is 17.9. The Balaban J connectivity index is 2.14. The monoisotopic (exact) mass is 434 g/mol. The number of sulfonamides is 1. The minimum Gasteiger partial charge on any atom is -0.312 e. The predicted molar refractivity (Wildman–Crippen MR) is 105 cm³/mol. The standard InChI is InChI=1S/C18H15BrN2O2S2/c1-2-12-21-17(14-8-10-15(19)11-9-14)13-24-18(21)20-25(22,23)16-6-4-3-5-7-16/h2-11,13H,1,12H2/b20-18+. The van der Waals surface area contributed by atoms with Gasteiger partial charge < -0.3 is 4.57 Å². The van der Waals surface area contributed by atoms with Crippen molar-refractivity contribution in [3.63, 3.8) is 0 Å². The van der Waals surface area contributed by atoms with Gasteiger partial charge in [-0.2, -0.15) is 8.42 Å². The van der Waals surface area contributed by atoms with Crippen molar-refractivity contribution in [2.24, 2.45) is 4.40 Å². The first-order valence-electron chi connectivity index (χ1n) is 7.42.